The van der Waals surface area contributed by atoms with Gasteiger partial charge in [0.2, 0.25) is 5.91 Å². The standard InChI is InChI=1S/C13H17NO3S/c1-9-4-3-5-10(2)12(9)14-13(15)11-6-7-18(16,17)8-11/h3-5,11H,6-8H2,1-2H3,(H,14,15)/t11-/m1/s1. The van der Waals surface area contributed by atoms with Crippen molar-refractivity contribution in [1.29, 1.82) is 0 Å². The van der Waals surface area contributed by atoms with Crippen LogP contribution in [0.5, 0.6) is 0 Å². The highest BCUT2D eigenvalue weighted by Gasteiger charge is 2.33. The number of benzene rings is 1. The number of hydrogen-bond acceptors (Lipinski definition) is 3. The van der Waals surface area contributed by atoms with Crippen LogP contribution in [0.4, 0.5) is 5.69 Å². The van der Waals surface area contributed by atoms with E-state index in [-0.39, 0.29) is 17.4 Å². The molecule has 0 aromatic heterocycles. The van der Waals surface area contributed by atoms with Crippen LogP contribution in [0.1, 0.15) is 17.5 Å². The summed E-state index contributed by atoms with van der Waals surface area (Å²) in [7, 11) is -3.01. The molecule has 0 saturated carbocycles. The largest absolute Gasteiger partial charge is 0.325 e. The maximum atomic E-state index is 12.0. The lowest BCUT2D eigenvalue weighted by Crippen LogP contribution is -2.24. The van der Waals surface area contributed by atoms with Gasteiger partial charge in [-0.2, -0.15) is 0 Å². The SMILES string of the molecule is Cc1cccc(C)c1NC(=O)[C@@H]1CCS(=O)(=O)C1. The normalized spacial score (nSPS) is 21.8. The summed E-state index contributed by atoms with van der Waals surface area (Å²) in [6, 6.07) is 5.78. The number of para-hydroxylation sites is 1. The Morgan fingerprint density at radius 2 is 1.89 bits per heavy atom. The Hall–Kier alpha value is -1.36. The Bertz CT molecular complexity index is 558. The maximum absolute atomic E-state index is 12.0. The van der Waals surface area contributed by atoms with E-state index in [0.29, 0.717) is 6.42 Å². The van der Waals surface area contributed by atoms with Gasteiger partial charge in [-0.1, -0.05) is 18.2 Å². The number of rotatable bonds is 2. The molecular weight excluding hydrogens is 250 g/mol. The van der Waals surface area contributed by atoms with Gasteiger partial charge in [-0.05, 0) is 31.4 Å². The summed E-state index contributed by atoms with van der Waals surface area (Å²) in [6.45, 7) is 3.85. The van der Waals surface area contributed by atoms with Gasteiger partial charge in [0.05, 0.1) is 17.4 Å². The molecule has 1 aromatic carbocycles. The first kappa shape index (κ1) is 13.1. The second-order valence-electron chi connectivity index (χ2n) is 4.86. The molecular formula is C13H17NO3S. The van der Waals surface area contributed by atoms with Gasteiger partial charge in [0.1, 0.15) is 0 Å². The Kier molecular flexibility index (Phi) is 3.43. The third-order valence-electron chi connectivity index (χ3n) is 3.33. The first-order valence-corrected chi connectivity index (χ1v) is 7.79. The summed E-state index contributed by atoms with van der Waals surface area (Å²) in [5, 5.41) is 2.85. The van der Waals surface area contributed by atoms with Crippen LogP contribution in [0, 0.1) is 19.8 Å². The lowest BCUT2D eigenvalue weighted by atomic mass is 10.1. The lowest BCUT2D eigenvalue weighted by molar-refractivity contribution is -0.119. The van der Waals surface area contributed by atoms with Gasteiger partial charge in [-0.15, -0.1) is 0 Å². The van der Waals surface area contributed by atoms with Crippen LogP contribution < -0.4 is 5.32 Å². The van der Waals surface area contributed by atoms with E-state index < -0.39 is 15.8 Å². The van der Waals surface area contributed by atoms with Gasteiger partial charge in [0.25, 0.3) is 0 Å². The summed E-state index contributed by atoms with van der Waals surface area (Å²) in [5.41, 5.74) is 2.78. The molecule has 1 atom stereocenters. The molecule has 5 heteroatoms. The fourth-order valence-electron chi connectivity index (χ4n) is 2.24. The van der Waals surface area contributed by atoms with Crippen molar-refractivity contribution in [2.75, 3.05) is 16.8 Å². The second-order valence-corrected chi connectivity index (χ2v) is 7.08. The van der Waals surface area contributed by atoms with Crippen molar-refractivity contribution < 1.29 is 13.2 Å². The molecule has 0 aliphatic carbocycles. The van der Waals surface area contributed by atoms with Crippen molar-refractivity contribution in [3.05, 3.63) is 29.3 Å². The molecule has 1 amide bonds. The lowest BCUT2D eigenvalue weighted by Gasteiger charge is -2.14. The minimum Gasteiger partial charge on any atom is -0.325 e. The van der Waals surface area contributed by atoms with Crippen LogP contribution in [-0.4, -0.2) is 25.8 Å². The molecule has 98 valence electrons. The van der Waals surface area contributed by atoms with Crippen molar-refractivity contribution in [2.24, 2.45) is 5.92 Å². The Morgan fingerprint density at radius 1 is 1.28 bits per heavy atom. The van der Waals surface area contributed by atoms with Crippen LogP contribution in [0.3, 0.4) is 0 Å². The minimum atomic E-state index is -3.01. The van der Waals surface area contributed by atoms with Crippen molar-refractivity contribution in [1.82, 2.24) is 0 Å². The zero-order chi connectivity index (χ0) is 13.3. The number of amides is 1. The zero-order valence-electron chi connectivity index (χ0n) is 10.6. The predicted octanol–water partition coefficient (Wildman–Crippen LogP) is 1.68. The zero-order valence-corrected chi connectivity index (χ0v) is 11.4. The van der Waals surface area contributed by atoms with Crippen LogP contribution in [0.15, 0.2) is 18.2 Å². The summed E-state index contributed by atoms with van der Waals surface area (Å²) in [4.78, 5) is 12.0. The monoisotopic (exact) mass is 267 g/mol. The van der Waals surface area contributed by atoms with Crippen LogP contribution in [0.25, 0.3) is 0 Å². The average molecular weight is 267 g/mol. The van der Waals surface area contributed by atoms with E-state index in [1.807, 2.05) is 32.0 Å². The fourth-order valence-corrected chi connectivity index (χ4v) is 3.98. The molecule has 1 saturated heterocycles. The number of anilines is 1. The molecule has 2 rings (SSSR count). The maximum Gasteiger partial charge on any atom is 0.228 e. The summed E-state index contributed by atoms with van der Waals surface area (Å²) in [6.07, 6.45) is 0.430. The molecule has 0 bridgehead atoms. The molecule has 1 aliphatic rings. The van der Waals surface area contributed by atoms with Crippen molar-refractivity contribution in [2.45, 2.75) is 20.3 Å². The topological polar surface area (TPSA) is 63.2 Å². The number of sulfone groups is 1. The Balaban J connectivity index is 2.13. The predicted molar refractivity (Wildman–Crippen MR) is 71.3 cm³/mol. The molecule has 0 spiro atoms. The van der Waals surface area contributed by atoms with E-state index in [1.54, 1.807) is 0 Å². The molecule has 0 radical (unpaired) electrons. The second kappa shape index (κ2) is 4.72. The first-order chi connectivity index (χ1) is 8.39. The smallest absolute Gasteiger partial charge is 0.228 e. The van der Waals surface area contributed by atoms with Gasteiger partial charge in [0.15, 0.2) is 9.84 Å². The average Bonchev–Trinajstić information content (AvgIpc) is 2.64. The quantitative estimate of drug-likeness (QED) is 0.886. The minimum absolute atomic E-state index is 0.0240. The highest BCUT2D eigenvalue weighted by molar-refractivity contribution is 7.91. The van der Waals surface area contributed by atoms with Gasteiger partial charge >= 0.3 is 0 Å². The summed E-state index contributed by atoms with van der Waals surface area (Å²) < 4.78 is 22.7. The van der Waals surface area contributed by atoms with Gasteiger partial charge in [-0.25, -0.2) is 8.42 Å². The fraction of sp³-hybridized carbons (Fsp3) is 0.462. The van der Waals surface area contributed by atoms with Gasteiger partial charge in [-0.3, -0.25) is 4.79 Å². The van der Waals surface area contributed by atoms with Crippen LogP contribution >= 0.6 is 0 Å². The molecule has 1 N–H and O–H groups in total. The van der Waals surface area contributed by atoms with E-state index in [2.05, 4.69) is 5.32 Å². The third-order valence-corrected chi connectivity index (χ3v) is 5.10. The summed E-state index contributed by atoms with van der Waals surface area (Å²) >= 11 is 0. The van der Waals surface area contributed by atoms with E-state index in [0.717, 1.165) is 16.8 Å². The van der Waals surface area contributed by atoms with E-state index in [9.17, 15) is 13.2 Å². The number of carbonyl (C=O) groups is 1. The van der Waals surface area contributed by atoms with Crippen molar-refractivity contribution >= 4 is 21.4 Å². The summed E-state index contributed by atoms with van der Waals surface area (Å²) in [5.74, 6) is -0.496. The highest BCUT2D eigenvalue weighted by Crippen LogP contribution is 2.23. The number of nitrogens with one attached hydrogen (secondary N) is 1. The number of hydrogen-bond donors (Lipinski definition) is 1. The van der Waals surface area contributed by atoms with Gasteiger partial charge in [0, 0.05) is 5.69 Å². The molecule has 1 heterocycles. The van der Waals surface area contributed by atoms with E-state index in [4.69, 9.17) is 0 Å². The number of aryl methyl sites for hydroxylation is 2. The first-order valence-electron chi connectivity index (χ1n) is 5.96. The van der Waals surface area contributed by atoms with Crippen molar-refractivity contribution in [3.63, 3.8) is 0 Å². The molecule has 1 aliphatic heterocycles. The van der Waals surface area contributed by atoms with Gasteiger partial charge < -0.3 is 5.32 Å². The molecule has 1 aromatic rings. The van der Waals surface area contributed by atoms with Crippen LogP contribution in [-0.2, 0) is 14.6 Å². The highest BCUT2D eigenvalue weighted by atomic mass is 32.2. The van der Waals surface area contributed by atoms with Crippen molar-refractivity contribution in [3.8, 4) is 0 Å². The number of carbonyl (C=O) groups excluding carboxylic acids is 1. The van der Waals surface area contributed by atoms with E-state index in [1.165, 1.54) is 0 Å². The Morgan fingerprint density at radius 3 is 2.39 bits per heavy atom. The molecule has 1 fully saturated rings. The third kappa shape index (κ3) is 2.72. The molecule has 4 nitrogen and oxygen atoms in total. The van der Waals surface area contributed by atoms with Crippen LogP contribution in [0.2, 0.25) is 0 Å². The molecule has 18 heavy (non-hydrogen) atoms. The molecule has 0 unspecified atom stereocenters. The van der Waals surface area contributed by atoms with E-state index >= 15 is 0 Å². The Labute approximate surface area is 107 Å².